The Morgan fingerprint density at radius 3 is 2.91 bits per heavy atom. The van der Waals surface area contributed by atoms with E-state index in [1.807, 2.05) is 17.9 Å². The van der Waals surface area contributed by atoms with Gasteiger partial charge in [0.2, 0.25) is 0 Å². The summed E-state index contributed by atoms with van der Waals surface area (Å²) in [6.45, 7) is 2.21. The number of aryl methyl sites for hydroxylation is 1. The van der Waals surface area contributed by atoms with Crippen LogP contribution >= 0.6 is 11.3 Å². The number of benzene rings is 2. The van der Waals surface area contributed by atoms with Crippen LogP contribution in [0, 0.1) is 18.7 Å². The monoisotopic (exact) mass is 475 g/mol. The number of nitrogens with zero attached hydrogens (tertiary/aromatic N) is 2. The third-order valence-electron chi connectivity index (χ3n) is 6.71. The van der Waals surface area contributed by atoms with Crippen LogP contribution in [0.25, 0.3) is 21.4 Å². The van der Waals surface area contributed by atoms with Crippen LogP contribution in [0.3, 0.4) is 0 Å². The number of aromatic nitrogens is 1. The number of thiazole rings is 1. The van der Waals surface area contributed by atoms with Gasteiger partial charge < -0.3 is 14.6 Å². The van der Waals surface area contributed by atoms with E-state index >= 15 is 0 Å². The van der Waals surface area contributed by atoms with Gasteiger partial charge >= 0.3 is 0 Å². The molecule has 0 radical (unpaired) electrons. The van der Waals surface area contributed by atoms with Crippen LogP contribution in [-0.4, -0.2) is 40.3 Å². The summed E-state index contributed by atoms with van der Waals surface area (Å²) >= 11 is 1.39. The summed E-state index contributed by atoms with van der Waals surface area (Å²) in [6.07, 6.45) is 3.40. The second kappa shape index (κ2) is 8.06. The Labute approximate surface area is 199 Å². The Balaban J connectivity index is 1.23. The molecule has 0 bridgehead atoms. The van der Waals surface area contributed by atoms with Gasteiger partial charge in [-0.2, -0.15) is 0 Å². The van der Waals surface area contributed by atoms with Gasteiger partial charge in [0.1, 0.15) is 17.1 Å². The molecule has 2 unspecified atom stereocenters. The molecule has 0 spiro atoms. The van der Waals surface area contributed by atoms with Crippen LogP contribution in [0.1, 0.15) is 38.7 Å². The molecule has 8 heteroatoms. The van der Waals surface area contributed by atoms with Crippen molar-refractivity contribution in [2.24, 2.45) is 5.92 Å². The molecule has 3 heterocycles. The molecule has 34 heavy (non-hydrogen) atoms. The lowest BCUT2D eigenvalue weighted by Gasteiger charge is -2.27. The van der Waals surface area contributed by atoms with Crippen LogP contribution in [-0.2, 0) is 0 Å². The predicted molar refractivity (Wildman–Crippen MR) is 127 cm³/mol. The lowest BCUT2D eigenvalue weighted by atomic mass is 10.1. The van der Waals surface area contributed by atoms with Crippen molar-refractivity contribution in [2.75, 3.05) is 6.54 Å². The van der Waals surface area contributed by atoms with Crippen molar-refractivity contribution in [3.8, 4) is 10.4 Å². The van der Waals surface area contributed by atoms with E-state index in [2.05, 4.69) is 10.3 Å². The van der Waals surface area contributed by atoms with Gasteiger partial charge in [0, 0.05) is 18.0 Å². The molecule has 2 fully saturated rings. The summed E-state index contributed by atoms with van der Waals surface area (Å²) in [5, 5.41) is 4.54. The first-order valence-electron chi connectivity index (χ1n) is 11.3. The van der Waals surface area contributed by atoms with Crippen LogP contribution in [0.4, 0.5) is 4.39 Å². The number of likely N-dealkylation sites (tertiary alicyclic amines) is 1. The van der Waals surface area contributed by atoms with Crippen LogP contribution < -0.4 is 5.32 Å². The van der Waals surface area contributed by atoms with Crippen LogP contribution in [0.15, 0.2) is 59.2 Å². The zero-order valence-electron chi connectivity index (χ0n) is 18.5. The van der Waals surface area contributed by atoms with E-state index in [4.69, 9.17) is 4.42 Å². The molecule has 2 aliphatic rings. The van der Waals surface area contributed by atoms with Crippen LogP contribution in [0.5, 0.6) is 0 Å². The molecular weight excluding hydrogens is 453 g/mol. The highest BCUT2D eigenvalue weighted by Crippen LogP contribution is 2.48. The number of halogens is 1. The molecule has 1 saturated heterocycles. The topological polar surface area (TPSA) is 75.4 Å². The number of furan rings is 1. The first kappa shape index (κ1) is 21.0. The molecule has 6 nitrogen and oxygen atoms in total. The summed E-state index contributed by atoms with van der Waals surface area (Å²) < 4.78 is 19.3. The fraction of sp³-hybridized carbons (Fsp3) is 0.269. The number of hydrogen-bond acceptors (Lipinski definition) is 5. The van der Waals surface area contributed by atoms with Gasteiger partial charge in [-0.25, -0.2) is 9.37 Å². The standard InChI is InChI=1S/C26H22FN3O3S/c1-14-29-23(24(34-14)15-4-2-5-17(27)10-15)26(32)30-18(11-16-12-21(16)30)13-28-25(31)20-6-3-7-22-19(20)8-9-33-22/h2-10,16,18,21H,11-13H2,1H3,(H,28,31)/t16?,18-,21?/m0/s1. The molecule has 6 rings (SSSR count). The highest BCUT2D eigenvalue weighted by Gasteiger charge is 2.54. The highest BCUT2D eigenvalue weighted by atomic mass is 32.1. The molecule has 2 aromatic carbocycles. The van der Waals surface area contributed by atoms with E-state index < -0.39 is 0 Å². The molecule has 3 atom stereocenters. The number of nitrogens with one attached hydrogen (secondary N) is 1. The SMILES string of the molecule is Cc1nc(C(=O)N2C3CC3C[C@H]2CNC(=O)c2cccc3occc23)c(-c2cccc(F)c2)s1. The Morgan fingerprint density at radius 2 is 2.06 bits per heavy atom. The zero-order valence-corrected chi connectivity index (χ0v) is 19.3. The summed E-state index contributed by atoms with van der Waals surface area (Å²) in [7, 11) is 0. The minimum Gasteiger partial charge on any atom is -0.464 e. The van der Waals surface area contributed by atoms with Gasteiger partial charge in [0.25, 0.3) is 11.8 Å². The van der Waals surface area contributed by atoms with Crippen molar-refractivity contribution in [1.82, 2.24) is 15.2 Å². The Hall–Kier alpha value is -3.52. The minimum absolute atomic E-state index is 0.105. The number of hydrogen-bond donors (Lipinski definition) is 1. The van der Waals surface area contributed by atoms with Crippen molar-refractivity contribution in [1.29, 1.82) is 0 Å². The fourth-order valence-electron chi connectivity index (χ4n) is 5.08. The minimum atomic E-state index is -0.349. The van der Waals surface area contributed by atoms with Gasteiger partial charge in [-0.3, -0.25) is 9.59 Å². The highest BCUT2D eigenvalue weighted by molar-refractivity contribution is 7.15. The Morgan fingerprint density at radius 1 is 1.21 bits per heavy atom. The molecule has 2 amide bonds. The van der Waals surface area contributed by atoms with Crippen molar-refractivity contribution in [2.45, 2.75) is 31.8 Å². The van der Waals surface area contributed by atoms with E-state index in [1.54, 1.807) is 36.6 Å². The summed E-state index contributed by atoms with van der Waals surface area (Å²) in [6, 6.07) is 13.5. The Kier molecular flexibility index (Phi) is 4.99. The van der Waals surface area contributed by atoms with Gasteiger partial charge in [0.15, 0.2) is 0 Å². The molecule has 1 N–H and O–H groups in total. The third kappa shape index (κ3) is 3.58. The second-order valence-electron chi connectivity index (χ2n) is 8.93. The maximum Gasteiger partial charge on any atom is 0.274 e. The average Bonchev–Trinajstić information content (AvgIpc) is 3.18. The normalized spacial score (nSPS) is 21.0. The van der Waals surface area contributed by atoms with Crippen LogP contribution in [0.2, 0.25) is 0 Å². The van der Waals surface area contributed by atoms with Gasteiger partial charge in [-0.05, 0) is 61.6 Å². The predicted octanol–water partition coefficient (Wildman–Crippen LogP) is 5.04. The number of fused-ring (bicyclic) bond motifs is 2. The molecular formula is C26H22FN3O3S. The van der Waals surface area contributed by atoms with Crippen molar-refractivity contribution >= 4 is 34.1 Å². The quantitative estimate of drug-likeness (QED) is 0.439. The lowest BCUT2D eigenvalue weighted by Crippen LogP contribution is -2.45. The lowest BCUT2D eigenvalue weighted by molar-refractivity contribution is 0.0684. The maximum atomic E-state index is 13.9. The first-order chi connectivity index (χ1) is 16.5. The molecule has 1 aliphatic carbocycles. The first-order valence-corrected chi connectivity index (χ1v) is 12.1. The van der Waals surface area contributed by atoms with E-state index in [0.29, 0.717) is 39.7 Å². The number of carbonyl (C=O) groups excluding carboxylic acids is 2. The molecule has 172 valence electrons. The molecule has 1 saturated carbocycles. The summed E-state index contributed by atoms with van der Waals surface area (Å²) in [5.41, 5.74) is 2.23. The van der Waals surface area contributed by atoms with Gasteiger partial charge in [-0.1, -0.05) is 18.2 Å². The van der Waals surface area contributed by atoms with Crippen molar-refractivity contribution in [3.63, 3.8) is 0 Å². The van der Waals surface area contributed by atoms with E-state index in [1.165, 1.54) is 23.5 Å². The zero-order chi connectivity index (χ0) is 23.4. The molecule has 2 aromatic heterocycles. The molecule has 4 aromatic rings. The number of rotatable bonds is 5. The maximum absolute atomic E-state index is 13.9. The Bertz CT molecular complexity index is 1430. The largest absolute Gasteiger partial charge is 0.464 e. The van der Waals surface area contributed by atoms with E-state index in [0.717, 1.165) is 23.2 Å². The number of carbonyl (C=O) groups is 2. The summed E-state index contributed by atoms with van der Waals surface area (Å²) in [5.74, 6) is -0.228. The third-order valence-corrected chi connectivity index (χ3v) is 7.73. The van der Waals surface area contributed by atoms with Crippen molar-refractivity contribution in [3.05, 3.63) is 76.9 Å². The second-order valence-corrected chi connectivity index (χ2v) is 10.1. The summed E-state index contributed by atoms with van der Waals surface area (Å²) in [4.78, 5) is 33.7. The van der Waals surface area contributed by atoms with E-state index in [-0.39, 0.29) is 29.7 Å². The van der Waals surface area contributed by atoms with Crippen molar-refractivity contribution < 1.29 is 18.4 Å². The van der Waals surface area contributed by atoms with Gasteiger partial charge in [-0.15, -0.1) is 11.3 Å². The van der Waals surface area contributed by atoms with E-state index in [9.17, 15) is 14.0 Å². The molecule has 1 aliphatic heterocycles. The number of piperidine rings is 1. The average molecular weight is 476 g/mol. The number of amides is 2. The smallest absolute Gasteiger partial charge is 0.274 e. The van der Waals surface area contributed by atoms with Gasteiger partial charge in [0.05, 0.1) is 27.8 Å². The fourth-order valence-corrected chi connectivity index (χ4v) is 5.98.